The molecule has 0 aliphatic heterocycles. The SMILES string of the molecule is CCn1cccc1C(C)(C)c1cc(Cl)cc([N+](=O)[O-])c1. The van der Waals surface area contributed by atoms with E-state index in [0.29, 0.717) is 5.02 Å². The maximum atomic E-state index is 11.0. The van der Waals surface area contributed by atoms with Crippen molar-refractivity contribution < 1.29 is 4.92 Å². The molecule has 20 heavy (non-hydrogen) atoms. The summed E-state index contributed by atoms with van der Waals surface area (Å²) in [6.45, 7) is 7.02. The first kappa shape index (κ1) is 14.6. The molecule has 4 nitrogen and oxygen atoms in total. The van der Waals surface area contributed by atoms with Gasteiger partial charge in [0.1, 0.15) is 0 Å². The molecular weight excluding hydrogens is 276 g/mol. The largest absolute Gasteiger partial charge is 0.351 e. The third-order valence-corrected chi connectivity index (χ3v) is 3.84. The molecule has 0 aliphatic rings. The summed E-state index contributed by atoms with van der Waals surface area (Å²) in [5.41, 5.74) is 1.62. The summed E-state index contributed by atoms with van der Waals surface area (Å²) < 4.78 is 2.13. The molecule has 0 atom stereocenters. The number of aryl methyl sites for hydroxylation is 1. The topological polar surface area (TPSA) is 48.1 Å². The lowest BCUT2D eigenvalue weighted by molar-refractivity contribution is -0.384. The lowest BCUT2D eigenvalue weighted by atomic mass is 9.81. The van der Waals surface area contributed by atoms with Crippen LogP contribution in [0.15, 0.2) is 36.5 Å². The predicted octanol–water partition coefficient (Wildman–Crippen LogP) is 4.40. The van der Waals surface area contributed by atoms with Gasteiger partial charge in [0.05, 0.1) is 4.92 Å². The van der Waals surface area contributed by atoms with Crippen LogP contribution in [0.2, 0.25) is 5.02 Å². The van der Waals surface area contributed by atoms with Crippen LogP contribution in [0.4, 0.5) is 5.69 Å². The van der Waals surface area contributed by atoms with Gasteiger partial charge >= 0.3 is 0 Å². The van der Waals surface area contributed by atoms with Crippen LogP contribution in [0.3, 0.4) is 0 Å². The number of hydrogen-bond acceptors (Lipinski definition) is 2. The smallest absolute Gasteiger partial charge is 0.271 e. The van der Waals surface area contributed by atoms with Crippen LogP contribution >= 0.6 is 11.6 Å². The number of nitrogens with zero attached hydrogens (tertiary/aromatic N) is 2. The summed E-state index contributed by atoms with van der Waals surface area (Å²) in [7, 11) is 0. The Kier molecular flexibility index (Phi) is 3.86. The van der Waals surface area contributed by atoms with Gasteiger partial charge in [-0.25, -0.2) is 0 Å². The molecule has 0 amide bonds. The van der Waals surface area contributed by atoms with Crippen LogP contribution in [0.5, 0.6) is 0 Å². The van der Waals surface area contributed by atoms with Gasteiger partial charge in [-0.1, -0.05) is 25.4 Å². The van der Waals surface area contributed by atoms with Gasteiger partial charge in [0.25, 0.3) is 5.69 Å². The molecule has 0 aliphatic carbocycles. The summed E-state index contributed by atoms with van der Waals surface area (Å²) in [4.78, 5) is 10.6. The van der Waals surface area contributed by atoms with E-state index in [0.717, 1.165) is 17.8 Å². The number of halogens is 1. The van der Waals surface area contributed by atoms with Gasteiger partial charge in [0, 0.05) is 41.0 Å². The molecular formula is C15H17ClN2O2. The van der Waals surface area contributed by atoms with E-state index in [1.165, 1.54) is 6.07 Å². The van der Waals surface area contributed by atoms with Gasteiger partial charge in [-0.05, 0) is 30.7 Å². The third-order valence-electron chi connectivity index (χ3n) is 3.63. The highest BCUT2D eigenvalue weighted by atomic mass is 35.5. The second-order valence-electron chi connectivity index (χ2n) is 5.26. The molecule has 0 bridgehead atoms. The monoisotopic (exact) mass is 292 g/mol. The maximum absolute atomic E-state index is 11.0. The first-order valence-electron chi connectivity index (χ1n) is 6.47. The standard InChI is InChI=1S/C15H17ClN2O2/c1-4-17-7-5-6-14(17)15(2,3)11-8-12(16)10-13(9-11)18(19)20/h5-10H,4H2,1-3H3. The highest BCUT2D eigenvalue weighted by molar-refractivity contribution is 6.30. The molecule has 0 saturated heterocycles. The molecule has 2 rings (SSSR count). The molecule has 0 saturated carbocycles. The van der Waals surface area contributed by atoms with Crippen molar-refractivity contribution in [3.05, 3.63) is 62.9 Å². The Labute approximate surface area is 123 Å². The Balaban J connectivity index is 2.57. The quantitative estimate of drug-likeness (QED) is 0.619. The first-order valence-corrected chi connectivity index (χ1v) is 6.85. The Hall–Kier alpha value is -1.81. The van der Waals surface area contributed by atoms with Crippen LogP contribution < -0.4 is 0 Å². The molecule has 0 radical (unpaired) electrons. The van der Waals surface area contributed by atoms with Crippen LogP contribution in [0, 0.1) is 10.1 Å². The fraction of sp³-hybridized carbons (Fsp3) is 0.333. The summed E-state index contributed by atoms with van der Waals surface area (Å²) in [5, 5.41) is 11.4. The summed E-state index contributed by atoms with van der Waals surface area (Å²) in [6.07, 6.45) is 2.01. The zero-order valence-corrected chi connectivity index (χ0v) is 12.5. The van der Waals surface area contributed by atoms with Crippen LogP contribution in [0.1, 0.15) is 32.0 Å². The number of hydrogen-bond donors (Lipinski definition) is 0. The zero-order chi connectivity index (χ0) is 14.9. The number of nitro groups is 1. The molecule has 0 N–H and O–H groups in total. The highest BCUT2D eigenvalue weighted by Gasteiger charge is 2.28. The van der Waals surface area contributed by atoms with Gasteiger partial charge in [0.2, 0.25) is 0 Å². The fourth-order valence-electron chi connectivity index (χ4n) is 2.45. The number of nitro benzene ring substituents is 1. The van der Waals surface area contributed by atoms with Crippen molar-refractivity contribution >= 4 is 17.3 Å². The molecule has 106 valence electrons. The van der Waals surface area contributed by atoms with Crippen molar-refractivity contribution in [1.29, 1.82) is 0 Å². The average Bonchev–Trinajstić information content (AvgIpc) is 2.86. The maximum Gasteiger partial charge on any atom is 0.271 e. The first-order chi connectivity index (χ1) is 9.36. The third kappa shape index (κ3) is 2.56. The molecule has 1 aromatic carbocycles. The van der Waals surface area contributed by atoms with E-state index in [1.54, 1.807) is 12.1 Å². The Morgan fingerprint density at radius 2 is 2.05 bits per heavy atom. The van der Waals surface area contributed by atoms with E-state index in [1.807, 2.05) is 32.2 Å². The van der Waals surface area contributed by atoms with Crippen molar-refractivity contribution in [3.63, 3.8) is 0 Å². The van der Waals surface area contributed by atoms with Gasteiger partial charge < -0.3 is 4.57 Å². The number of aromatic nitrogens is 1. The van der Waals surface area contributed by atoms with Crippen molar-refractivity contribution in [1.82, 2.24) is 4.57 Å². The van der Waals surface area contributed by atoms with E-state index in [9.17, 15) is 10.1 Å². The van der Waals surface area contributed by atoms with Gasteiger partial charge in [-0.15, -0.1) is 0 Å². The van der Waals surface area contributed by atoms with E-state index in [2.05, 4.69) is 11.5 Å². The second-order valence-corrected chi connectivity index (χ2v) is 5.70. The number of non-ortho nitro benzene ring substituents is 1. The van der Waals surface area contributed by atoms with Crippen LogP contribution in [-0.2, 0) is 12.0 Å². The normalized spacial score (nSPS) is 11.6. The minimum atomic E-state index is -0.412. The minimum absolute atomic E-state index is 0.0233. The van der Waals surface area contributed by atoms with E-state index >= 15 is 0 Å². The zero-order valence-electron chi connectivity index (χ0n) is 11.8. The Morgan fingerprint density at radius 1 is 1.35 bits per heavy atom. The van der Waals surface area contributed by atoms with Gasteiger partial charge in [0.15, 0.2) is 0 Å². The van der Waals surface area contributed by atoms with Crippen LogP contribution in [0.25, 0.3) is 0 Å². The average molecular weight is 293 g/mol. The molecule has 0 spiro atoms. The van der Waals surface area contributed by atoms with Crippen molar-refractivity contribution in [2.75, 3.05) is 0 Å². The van der Waals surface area contributed by atoms with Crippen LogP contribution in [-0.4, -0.2) is 9.49 Å². The van der Waals surface area contributed by atoms with Gasteiger partial charge in [-0.3, -0.25) is 10.1 Å². The second kappa shape index (κ2) is 5.29. The van der Waals surface area contributed by atoms with Crippen molar-refractivity contribution in [3.8, 4) is 0 Å². The lowest BCUT2D eigenvalue weighted by Crippen LogP contribution is -2.23. The van der Waals surface area contributed by atoms with E-state index < -0.39 is 4.92 Å². The van der Waals surface area contributed by atoms with Crippen molar-refractivity contribution in [2.24, 2.45) is 0 Å². The van der Waals surface area contributed by atoms with Crippen molar-refractivity contribution in [2.45, 2.75) is 32.7 Å². The molecule has 5 heteroatoms. The number of benzene rings is 1. The van der Waals surface area contributed by atoms with E-state index in [-0.39, 0.29) is 11.1 Å². The fourth-order valence-corrected chi connectivity index (χ4v) is 2.67. The molecule has 2 aromatic rings. The summed E-state index contributed by atoms with van der Waals surface area (Å²) in [6, 6.07) is 8.79. The molecule has 1 heterocycles. The predicted molar refractivity (Wildman–Crippen MR) is 80.3 cm³/mol. The highest BCUT2D eigenvalue weighted by Crippen LogP contribution is 2.35. The lowest BCUT2D eigenvalue weighted by Gasteiger charge is -2.27. The Bertz CT molecular complexity index is 647. The molecule has 0 fully saturated rings. The van der Waals surface area contributed by atoms with E-state index in [4.69, 9.17) is 11.6 Å². The number of rotatable bonds is 4. The minimum Gasteiger partial charge on any atom is -0.351 e. The molecule has 1 aromatic heterocycles. The summed E-state index contributed by atoms with van der Waals surface area (Å²) >= 11 is 6.02. The Morgan fingerprint density at radius 3 is 2.65 bits per heavy atom. The summed E-state index contributed by atoms with van der Waals surface area (Å²) in [5.74, 6) is 0. The van der Waals surface area contributed by atoms with Gasteiger partial charge in [-0.2, -0.15) is 0 Å². The molecule has 0 unspecified atom stereocenters.